The van der Waals surface area contributed by atoms with E-state index in [1.807, 2.05) is 0 Å². The van der Waals surface area contributed by atoms with E-state index in [0.29, 0.717) is 0 Å². The molecular weight excluding hydrogens is 204 g/mol. The molecule has 0 atom stereocenters. The number of benzene rings is 1. The summed E-state index contributed by atoms with van der Waals surface area (Å²) < 4.78 is 25.9. The number of aliphatic hydroxyl groups is 1. The molecular formula is C10H11F2NO2. The van der Waals surface area contributed by atoms with E-state index < -0.39 is 24.1 Å². The number of nitrogens with zero attached hydrogens (tertiary/aromatic N) is 1. The second kappa shape index (κ2) is 4.84. The van der Waals surface area contributed by atoms with Gasteiger partial charge in [0.05, 0.1) is 0 Å². The Kier molecular flexibility index (Phi) is 3.74. The minimum absolute atomic E-state index is 0.0665. The monoisotopic (exact) mass is 215 g/mol. The first-order valence-electron chi connectivity index (χ1n) is 4.33. The van der Waals surface area contributed by atoms with Crippen molar-refractivity contribution in [3.05, 3.63) is 35.4 Å². The van der Waals surface area contributed by atoms with Gasteiger partial charge in [-0.25, -0.2) is 8.78 Å². The summed E-state index contributed by atoms with van der Waals surface area (Å²) in [6, 6.07) is 3.03. The van der Waals surface area contributed by atoms with Crippen LogP contribution in [0.4, 0.5) is 8.78 Å². The molecule has 0 bridgehead atoms. The predicted octanol–water partition coefficient (Wildman–Crippen LogP) is 0.915. The van der Waals surface area contributed by atoms with Gasteiger partial charge >= 0.3 is 0 Å². The number of carbonyl (C=O) groups is 1. The van der Waals surface area contributed by atoms with Crippen LogP contribution in [0, 0.1) is 11.6 Å². The van der Waals surface area contributed by atoms with Crippen molar-refractivity contribution in [2.45, 2.75) is 6.54 Å². The summed E-state index contributed by atoms with van der Waals surface area (Å²) >= 11 is 0. The van der Waals surface area contributed by atoms with Crippen LogP contribution in [-0.4, -0.2) is 29.6 Å². The van der Waals surface area contributed by atoms with Crippen molar-refractivity contribution in [2.24, 2.45) is 0 Å². The number of halogens is 2. The van der Waals surface area contributed by atoms with E-state index in [2.05, 4.69) is 0 Å². The van der Waals surface area contributed by atoms with E-state index in [9.17, 15) is 13.6 Å². The molecule has 0 aliphatic rings. The first kappa shape index (κ1) is 11.6. The molecule has 15 heavy (non-hydrogen) atoms. The van der Waals surface area contributed by atoms with Gasteiger partial charge in [-0.3, -0.25) is 4.79 Å². The Morgan fingerprint density at radius 3 is 2.73 bits per heavy atom. The highest BCUT2D eigenvalue weighted by Crippen LogP contribution is 2.11. The maximum Gasteiger partial charge on any atom is 0.248 e. The maximum absolute atomic E-state index is 13.1. The van der Waals surface area contributed by atoms with Gasteiger partial charge in [0, 0.05) is 19.2 Å². The first-order chi connectivity index (χ1) is 7.04. The smallest absolute Gasteiger partial charge is 0.248 e. The molecule has 0 fully saturated rings. The molecule has 1 aromatic rings. The van der Waals surface area contributed by atoms with Gasteiger partial charge in [-0.2, -0.15) is 0 Å². The van der Waals surface area contributed by atoms with Gasteiger partial charge in [0.1, 0.15) is 18.2 Å². The van der Waals surface area contributed by atoms with Crippen LogP contribution in [0.15, 0.2) is 18.2 Å². The average Bonchev–Trinajstić information content (AvgIpc) is 2.22. The minimum Gasteiger partial charge on any atom is -0.387 e. The van der Waals surface area contributed by atoms with Gasteiger partial charge in [0.15, 0.2) is 0 Å². The number of likely N-dealkylation sites (N-methyl/N-ethyl adjacent to an activating group) is 1. The topological polar surface area (TPSA) is 40.5 Å². The van der Waals surface area contributed by atoms with Crippen molar-refractivity contribution in [3.8, 4) is 0 Å². The molecule has 0 heterocycles. The quantitative estimate of drug-likeness (QED) is 0.814. The van der Waals surface area contributed by atoms with Crippen molar-refractivity contribution in [2.75, 3.05) is 13.7 Å². The highest BCUT2D eigenvalue weighted by Gasteiger charge is 2.11. The zero-order chi connectivity index (χ0) is 11.4. The van der Waals surface area contributed by atoms with Gasteiger partial charge in [0.2, 0.25) is 5.91 Å². The lowest BCUT2D eigenvalue weighted by Crippen LogP contribution is -2.29. The second-order valence-electron chi connectivity index (χ2n) is 3.14. The van der Waals surface area contributed by atoms with Gasteiger partial charge < -0.3 is 10.0 Å². The van der Waals surface area contributed by atoms with Crippen LogP contribution in [0.1, 0.15) is 5.56 Å². The maximum atomic E-state index is 13.1. The third kappa shape index (κ3) is 2.99. The summed E-state index contributed by atoms with van der Waals surface area (Å²) in [5, 5.41) is 8.55. The van der Waals surface area contributed by atoms with E-state index in [1.54, 1.807) is 0 Å². The highest BCUT2D eigenvalue weighted by atomic mass is 19.1. The summed E-state index contributed by atoms with van der Waals surface area (Å²) in [6.07, 6.45) is 0. The van der Waals surface area contributed by atoms with E-state index >= 15 is 0 Å². The lowest BCUT2D eigenvalue weighted by molar-refractivity contribution is -0.133. The fraction of sp³-hybridized carbons (Fsp3) is 0.300. The summed E-state index contributed by atoms with van der Waals surface area (Å²) in [7, 11) is 1.41. The number of amides is 1. The number of carbonyl (C=O) groups excluding carboxylic acids is 1. The molecule has 0 saturated heterocycles. The zero-order valence-corrected chi connectivity index (χ0v) is 8.20. The summed E-state index contributed by atoms with van der Waals surface area (Å²) in [5.41, 5.74) is 0.0827. The third-order valence-electron chi connectivity index (χ3n) is 1.98. The minimum atomic E-state index is -0.645. The number of hydrogen-bond acceptors (Lipinski definition) is 2. The highest BCUT2D eigenvalue weighted by molar-refractivity contribution is 5.76. The van der Waals surface area contributed by atoms with Crippen molar-refractivity contribution < 1.29 is 18.7 Å². The molecule has 1 rings (SSSR count). The van der Waals surface area contributed by atoms with Crippen molar-refractivity contribution in [1.29, 1.82) is 0 Å². The Balaban J connectivity index is 2.80. The molecule has 5 heteroatoms. The van der Waals surface area contributed by atoms with Crippen LogP contribution in [0.25, 0.3) is 0 Å². The van der Waals surface area contributed by atoms with Gasteiger partial charge in [-0.1, -0.05) is 0 Å². The van der Waals surface area contributed by atoms with Crippen LogP contribution in [0.3, 0.4) is 0 Å². The molecule has 0 radical (unpaired) electrons. The Morgan fingerprint density at radius 2 is 2.13 bits per heavy atom. The van der Waals surface area contributed by atoms with E-state index in [0.717, 1.165) is 23.1 Å². The average molecular weight is 215 g/mol. The normalized spacial score (nSPS) is 10.1. The van der Waals surface area contributed by atoms with Crippen LogP contribution in [0.5, 0.6) is 0 Å². The van der Waals surface area contributed by atoms with Crippen molar-refractivity contribution in [3.63, 3.8) is 0 Å². The standard InChI is InChI=1S/C10H11F2NO2/c1-13(10(15)6-14)5-7-4-8(11)2-3-9(7)12/h2-4,14H,5-6H2,1H3. The molecule has 1 amide bonds. The zero-order valence-electron chi connectivity index (χ0n) is 8.20. The van der Waals surface area contributed by atoms with E-state index in [1.165, 1.54) is 7.05 Å². The van der Waals surface area contributed by atoms with E-state index in [-0.39, 0.29) is 12.1 Å². The molecule has 3 nitrogen and oxygen atoms in total. The van der Waals surface area contributed by atoms with Crippen LogP contribution in [0.2, 0.25) is 0 Å². The Bertz CT molecular complexity index is 368. The van der Waals surface area contributed by atoms with Crippen molar-refractivity contribution >= 4 is 5.91 Å². The van der Waals surface area contributed by atoms with Gasteiger partial charge in [-0.15, -0.1) is 0 Å². The van der Waals surface area contributed by atoms with Crippen LogP contribution < -0.4 is 0 Å². The lowest BCUT2D eigenvalue weighted by atomic mass is 10.2. The molecule has 82 valence electrons. The summed E-state index contributed by atoms with van der Waals surface area (Å²) in [4.78, 5) is 12.1. The molecule has 0 aliphatic carbocycles. The summed E-state index contributed by atoms with van der Waals surface area (Å²) in [5.74, 6) is -1.68. The van der Waals surface area contributed by atoms with Crippen LogP contribution in [-0.2, 0) is 11.3 Å². The predicted molar refractivity (Wildman–Crippen MR) is 49.9 cm³/mol. The molecule has 0 saturated carbocycles. The number of rotatable bonds is 3. The molecule has 0 aliphatic heterocycles. The molecule has 1 aromatic carbocycles. The van der Waals surface area contributed by atoms with Gasteiger partial charge in [-0.05, 0) is 18.2 Å². The molecule has 0 spiro atoms. The fourth-order valence-electron chi connectivity index (χ4n) is 1.13. The van der Waals surface area contributed by atoms with Gasteiger partial charge in [0.25, 0.3) is 0 Å². The molecule has 0 unspecified atom stereocenters. The molecule has 0 aromatic heterocycles. The Hall–Kier alpha value is -1.49. The SMILES string of the molecule is CN(Cc1cc(F)ccc1F)C(=O)CO. The number of aliphatic hydroxyl groups excluding tert-OH is 1. The van der Waals surface area contributed by atoms with Crippen LogP contribution >= 0.6 is 0 Å². The fourth-order valence-corrected chi connectivity index (χ4v) is 1.13. The van der Waals surface area contributed by atoms with Crippen molar-refractivity contribution in [1.82, 2.24) is 4.90 Å². The number of hydrogen-bond donors (Lipinski definition) is 1. The third-order valence-corrected chi connectivity index (χ3v) is 1.98. The largest absolute Gasteiger partial charge is 0.387 e. The first-order valence-corrected chi connectivity index (χ1v) is 4.33. The Labute approximate surface area is 85.9 Å². The lowest BCUT2D eigenvalue weighted by Gasteiger charge is -2.16. The second-order valence-corrected chi connectivity index (χ2v) is 3.14. The Morgan fingerprint density at radius 1 is 1.47 bits per heavy atom. The summed E-state index contributed by atoms with van der Waals surface area (Å²) in [6.45, 7) is -0.712. The molecule has 1 N–H and O–H groups in total. The van der Waals surface area contributed by atoms with E-state index in [4.69, 9.17) is 5.11 Å².